The van der Waals surface area contributed by atoms with E-state index in [1.165, 1.54) is 6.39 Å². The molecule has 2 unspecified atom stereocenters. The van der Waals surface area contributed by atoms with Crippen LogP contribution in [0.4, 0.5) is 0 Å². The van der Waals surface area contributed by atoms with Gasteiger partial charge in [0.25, 0.3) is 0 Å². The number of rotatable bonds is 7. The van der Waals surface area contributed by atoms with Crippen molar-refractivity contribution < 1.29 is 9.32 Å². The van der Waals surface area contributed by atoms with E-state index in [1.807, 2.05) is 20.8 Å². The van der Waals surface area contributed by atoms with E-state index >= 15 is 0 Å². The Morgan fingerprint density at radius 1 is 1.53 bits per heavy atom. The first-order valence-electron chi connectivity index (χ1n) is 5.92. The summed E-state index contributed by atoms with van der Waals surface area (Å²) >= 11 is 0. The van der Waals surface area contributed by atoms with Crippen molar-refractivity contribution in [2.45, 2.75) is 45.7 Å². The molecule has 1 amide bonds. The molecular weight excluding hydrogens is 220 g/mol. The maximum Gasteiger partial charge on any atom is 0.237 e. The Kier molecular flexibility index (Phi) is 5.62. The molecule has 2 N–H and O–H groups in total. The fourth-order valence-corrected chi connectivity index (χ4v) is 1.27. The highest BCUT2D eigenvalue weighted by atomic mass is 16.5. The van der Waals surface area contributed by atoms with Crippen LogP contribution >= 0.6 is 0 Å². The highest BCUT2D eigenvalue weighted by Gasteiger charge is 2.13. The zero-order valence-corrected chi connectivity index (χ0v) is 10.6. The monoisotopic (exact) mass is 240 g/mol. The van der Waals surface area contributed by atoms with Crippen LogP contribution in [0.15, 0.2) is 10.9 Å². The van der Waals surface area contributed by atoms with E-state index in [0.717, 1.165) is 6.42 Å². The Balaban J connectivity index is 2.20. The van der Waals surface area contributed by atoms with Gasteiger partial charge in [0, 0.05) is 19.0 Å². The summed E-state index contributed by atoms with van der Waals surface area (Å²) in [7, 11) is 0. The summed E-state index contributed by atoms with van der Waals surface area (Å²) in [5.74, 6) is 0.666. The predicted octanol–water partition coefficient (Wildman–Crippen LogP) is 0.505. The van der Waals surface area contributed by atoms with E-state index in [0.29, 0.717) is 18.8 Å². The van der Waals surface area contributed by atoms with Gasteiger partial charge in [0.15, 0.2) is 5.82 Å². The van der Waals surface area contributed by atoms with Crippen molar-refractivity contribution in [3.63, 3.8) is 0 Å². The average Bonchev–Trinajstić information content (AvgIpc) is 2.81. The maximum atomic E-state index is 11.7. The van der Waals surface area contributed by atoms with Crippen molar-refractivity contribution in [3.8, 4) is 0 Å². The van der Waals surface area contributed by atoms with Crippen molar-refractivity contribution in [2.75, 3.05) is 6.54 Å². The number of aromatic nitrogens is 2. The van der Waals surface area contributed by atoms with Crippen LogP contribution in [0.3, 0.4) is 0 Å². The second kappa shape index (κ2) is 7.01. The molecule has 0 aliphatic rings. The van der Waals surface area contributed by atoms with Crippen molar-refractivity contribution in [2.24, 2.45) is 0 Å². The van der Waals surface area contributed by atoms with Gasteiger partial charge >= 0.3 is 0 Å². The fourth-order valence-electron chi connectivity index (χ4n) is 1.27. The normalized spacial score (nSPS) is 14.3. The summed E-state index contributed by atoms with van der Waals surface area (Å²) in [4.78, 5) is 15.6. The lowest BCUT2D eigenvalue weighted by Crippen LogP contribution is -2.45. The molecule has 1 aromatic heterocycles. The Labute approximate surface area is 101 Å². The second-order valence-corrected chi connectivity index (χ2v) is 4.09. The van der Waals surface area contributed by atoms with Crippen LogP contribution in [0.1, 0.15) is 33.0 Å². The fraction of sp³-hybridized carbons (Fsp3) is 0.727. The third-order valence-corrected chi connectivity index (χ3v) is 2.60. The molecule has 0 spiro atoms. The van der Waals surface area contributed by atoms with Gasteiger partial charge in [0.05, 0.1) is 6.04 Å². The van der Waals surface area contributed by atoms with Crippen molar-refractivity contribution in [3.05, 3.63) is 12.2 Å². The molecule has 6 nitrogen and oxygen atoms in total. The number of carbonyl (C=O) groups is 1. The molecule has 0 aliphatic heterocycles. The summed E-state index contributed by atoms with van der Waals surface area (Å²) in [6, 6.07) is -0.000131. The number of amides is 1. The topological polar surface area (TPSA) is 80.0 Å². The van der Waals surface area contributed by atoms with E-state index < -0.39 is 0 Å². The van der Waals surface area contributed by atoms with Gasteiger partial charge in [-0.05, 0) is 20.3 Å². The van der Waals surface area contributed by atoms with Crippen molar-refractivity contribution in [1.29, 1.82) is 0 Å². The van der Waals surface area contributed by atoms with Crippen LogP contribution in [-0.2, 0) is 11.2 Å². The minimum absolute atomic E-state index is 0.0208. The smallest absolute Gasteiger partial charge is 0.237 e. The van der Waals surface area contributed by atoms with Crippen LogP contribution in [0.25, 0.3) is 0 Å². The number of nitrogens with one attached hydrogen (secondary N) is 2. The molecule has 2 atom stereocenters. The molecule has 1 rings (SSSR count). The average molecular weight is 240 g/mol. The Morgan fingerprint density at radius 3 is 2.88 bits per heavy atom. The quantitative estimate of drug-likeness (QED) is 0.725. The molecule has 0 saturated carbocycles. The molecule has 0 bridgehead atoms. The summed E-state index contributed by atoms with van der Waals surface area (Å²) < 4.78 is 4.62. The lowest BCUT2D eigenvalue weighted by molar-refractivity contribution is -0.123. The molecule has 0 aromatic carbocycles. The molecule has 0 fully saturated rings. The van der Waals surface area contributed by atoms with E-state index in [4.69, 9.17) is 0 Å². The first-order chi connectivity index (χ1) is 8.13. The number of hydrogen-bond donors (Lipinski definition) is 2. The lowest BCUT2D eigenvalue weighted by atomic mass is 10.2. The highest BCUT2D eigenvalue weighted by Crippen LogP contribution is 1.92. The van der Waals surface area contributed by atoms with E-state index in [9.17, 15) is 4.79 Å². The van der Waals surface area contributed by atoms with E-state index in [-0.39, 0.29) is 18.0 Å². The first kappa shape index (κ1) is 13.6. The Hall–Kier alpha value is -1.43. The van der Waals surface area contributed by atoms with Gasteiger partial charge in [-0.2, -0.15) is 4.98 Å². The molecule has 96 valence electrons. The van der Waals surface area contributed by atoms with Gasteiger partial charge in [0.2, 0.25) is 12.3 Å². The van der Waals surface area contributed by atoms with Gasteiger partial charge in [-0.15, -0.1) is 0 Å². The van der Waals surface area contributed by atoms with Crippen molar-refractivity contribution in [1.82, 2.24) is 20.8 Å². The SMILES string of the molecule is CCC(C)NC(=O)C(C)NCCc1ncon1. The van der Waals surface area contributed by atoms with E-state index in [1.54, 1.807) is 0 Å². The van der Waals surface area contributed by atoms with Crippen LogP contribution in [0, 0.1) is 0 Å². The predicted molar refractivity (Wildman–Crippen MR) is 63.4 cm³/mol. The van der Waals surface area contributed by atoms with Crippen LogP contribution in [0.5, 0.6) is 0 Å². The molecule has 17 heavy (non-hydrogen) atoms. The molecule has 6 heteroatoms. The summed E-state index contributed by atoms with van der Waals surface area (Å²) in [5.41, 5.74) is 0. The largest absolute Gasteiger partial charge is 0.352 e. The second-order valence-electron chi connectivity index (χ2n) is 4.09. The van der Waals surface area contributed by atoms with Crippen LogP contribution in [0.2, 0.25) is 0 Å². The van der Waals surface area contributed by atoms with Crippen LogP contribution in [-0.4, -0.2) is 34.7 Å². The molecule has 1 heterocycles. The zero-order chi connectivity index (χ0) is 12.7. The summed E-state index contributed by atoms with van der Waals surface area (Å²) in [6.07, 6.45) is 2.88. The van der Waals surface area contributed by atoms with Gasteiger partial charge in [-0.3, -0.25) is 4.79 Å². The molecule has 0 saturated heterocycles. The lowest BCUT2D eigenvalue weighted by Gasteiger charge is -2.17. The molecule has 0 radical (unpaired) electrons. The van der Waals surface area contributed by atoms with Crippen molar-refractivity contribution >= 4 is 5.91 Å². The Morgan fingerprint density at radius 2 is 2.29 bits per heavy atom. The summed E-state index contributed by atoms with van der Waals surface area (Å²) in [5, 5.41) is 9.73. The number of nitrogens with zero attached hydrogens (tertiary/aromatic N) is 2. The van der Waals surface area contributed by atoms with Gasteiger partial charge in [0.1, 0.15) is 0 Å². The number of carbonyl (C=O) groups excluding carboxylic acids is 1. The zero-order valence-electron chi connectivity index (χ0n) is 10.6. The van der Waals surface area contributed by atoms with Gasteiger partial charge in [-0.1, -0.05) is 12.1 Å². The molecule has 0 aliphatic carbocycles. The number of hydrogen-bond acceptors (Lipinski definition) is 5. The minimum atomic E-state index is -0.212. The van der Waals surface area contributed by atoms with Crippen LogP contribution < -0.4 is 10.6 Å². The highest BCUT2D eigenvalue weighted by molar-refractivity contribution is 5.81. The third-order valence-electron chi connectivity index (χ3n) is 2.60. The minimum Gasteiger partial charge on any atom is -0.352 e. The third kappa shape index (κ3) is 4.95. The maximum absolute atomic E-state index is 11.7. The van der Waals surface area contributed by atoms with E-state index in [2.05, 4.69) is 25.3 Å². The standard InChI is InChI=1S/C11H20N4O2/c1-4-8(2)14-11(16)9(3)12-6-5-10-13-7-17-15-10/h7-9,12H,4-6H2,1-3H3,(H,14,16). The summed E-state index contributed by atoms with van der Waals surface area (Å²) in [6.45, 7) is 6.52. The first-order valence-corrected chi connectivity index (χ1v) is 5.92. The molecular formula is C11H20N4O2. The van der Waals surface area contributed by atoms with Gasteiger partial charge < -0.3 is 15.2 Å². The molecule has 1 aromatic rings. The van der Waals surface area contributed by atoms with Gasteiger partial charge in [-0.25, -0.2) is 0 Å². The Bertz CT molecular complexity index is 326.